The molecule has 0 spiro atoms. The smallest absolute Gasteiger partial charge is 0.338 e. The van der Waals surface area contributed by atoms with Gasteiger partial charge in [-0.1, -0.05) is 23.5 Å². The number of rotatable bonds is 5. The molecule has 0 radical (unpaired) electrons. The first kappa shape index (κ1) is 21.4. The van der Waals surface area contributed by atoms with Crippen LogP contribution in [-0.2, 0) is 9.53 Å². The van der Waals surface area contributed by atoms with Gasteiger partial charge in [-0.15, -0.1) is 0 Å². The van der Waals surface area contributed by atoms with Crippen molar-refractivity contribution in [2.75, 3.05) is 6.61 Å². The van der Waals surface area contributed by atoms with E-state index in [4.69, 9.17) is 9.15 Å². The van der Waals surface area contributed by atoms with Crippen molar-refractivity contribution in [3.8, 4) is 0 Å². The summed E-state index contributed by atoms with van der Waals surface area (Å²) < 4.78 is 12.5. The highest BCUT2D eigenvalue weighted by Crippen LogP contribution is 2.32. The number of ether oxygens (including phenoxy) is 1. The van der Waals surface area contributed by atoms with Gasteiger partial charge in [-0.2, -0.15) is 0 Å². The van der Waals surface area contributed by atoms with E-state index < -0.39 is 16.9 Å². The third-order valence-corrected chi connectivity index (χ3v) is 5.93. The van der Waals surface area contributed by atoms with E-state index in [9.17, 15) is 19.7 Å². The Kier molecular flexibility index (Phi) is 5.62. The van der Waals surface area contributed by atoms with Crippen molar-refractivity contribution in [1.82, 2.24) is 4.57 Å². The summed E-state index contributed by atoms with van der Waals surface area (Å²) in [5.74, 6) is 0.598. The van der Waals surface area contributed by atoms with Gasteiger partial charge in [0.25, 0.3) is 11.2 Å². The number of nitro groups is 1. The van der Waals surface area contributed by atoms with Gasteiger partial charge in [0.1, 0.15) is 11.5 Å². The molecule has 3 heterocycles. The number of aryl methyl sites for hydroxylation is 1. The Balaban J connectivity index is 1.98. The zero-order valence-electron chi connectivity index (χ0n) is 17.5. The largest absolute Gasteiger partial charge is 0.463 e. The number of fused-ring (bicyclic) bond motifs is 1. The summed E-state index contributed by atoms with van der Waals surface area (Å²) in [6.45, 7) is 5.27. The normalized spacial score (nSPS) is 16.0. The van der Waals surface area contributed by atoms with Crippen LogP contribution in [0, 0.1) is 17.0 Å². The van der Waals surface area contributed by atoms with Gasteiger partial charge < -0.3 is 9.15 Å². The molecule has 0 bridgehead atoms. The van der Waals surface area contributed by atoms with Crippen molar-refractivity contribution in [2.24, 2.45) is 4.99 Å². The lowest BCUT2D eigenvalue weighted by molar-refractivity contribution is -0.384. The van der Waals surface area contributed by atoms with Gasteiger partial charge in [-0.05, 0) is 38.5 Å². The predicted molar refractivity (Wildman–Crippen MR) is 117 cm³/mol. The van der Waals surface area contributed by atoms with Crippen LogP contribution in [0.25, 0.3) is 6.08 Å². The molecule has 9 nitrogen and oxygen atoms in total. The van der Waals surface area contributed by atoms with Gasteiger partial charge in [0.15, 0.2) is 4.80 Å². The molecular weight excluding hydrogens is 434 g/mol. The number of carbonyl (C=O) groups excluding carboxylic acids is 1. The van der Waals surface area contributed by atoms with Gasteiger partial charge in [0.05, 0.1) is 33.4 Å². The summed E-state index contributed by atoms with van der Waals surface area (Å²) in [5, 5.41) is 11.3. The molecule has 10 heteroatoms. The number of aromatic nitrogens is 1. The summed E-state index contributed by atoms with van der Waals surface area (Å²) in [7, 11) is 0. The van der Waals surface area contributed by atoms with Crippen LogP contribution in [0.4, 0.5) is 5.69 Å². The van der Waals surface area contributed by atoms with Crippen LogP contribution in [0.1, 0.15) is 37.0 Å². The number of benzene rings is 1. The second-order valence-electron chi connectivity index (χ2n) is 7.10. The minimum absolute atomic E-state index is 0.138. The second-order valence-corrected chi connectivity index (χ2v) is 8.11. The number of nitro benzene ring substituents is 1. The first-order valence-electron chi connectivity index (χ1n) is 9.80. The van der Waals surface area contributed by atoms with Crippen molar-refractivity contribution in [3.63, 3.8) is 0 Å². The summed E-state index contributed by atoms with van der Waals surface area (Å²) in [6.07, 6.45) is 1.62. The fraction of sp³-hybridized carbons (Fsp3) is 0.227. The molecule has 0 fully saturated rings. The van der Waals surface area contributed by atoms with Crippen LogP contribution < -0.4 is 14.9 Å². The molecule has 164 valence electrons. The first-order chi connectivity index (χ1) is 15.3. The zero-order chi connectivity index (χ0) is 23.0. The number of esters is 1. The molecule has 1 aromatic carbocycles. The lowest BCUT2D eigenvalue weighted by atomic mass is 9.95. The molecule has 0 aliphatic carbocycles. The Bertz CT molecular complexity index is 1440. The number of allylic oxidation sites excluding steroid dienone is 1. The molecule has 1 atom stereocenters. The van der Waals surface area contributed by atoms with E-state index in [1.807, 2.05) is 0 Å². The molecule has 0 saturated carbocycles. The minimum Gasteiger partial charge on any atom is -0.463 e. The lowest BCUT2D eigenvalue weighted by Gasteiger charge is -2.24. The first-order valence-corrected chi connectivity index (χ1v) is 10.6. The van der Waals surface area contributed by atoms with E-state index in [0.717, 1.165) is 11.3 Å². The van der Waals surface area contributed by atoms with Crippen LogP contribution in [0.2, 0.25) is 0 Å². The highest BCUT2D eigenvalue weighted by atomic mass is 32.1. The number of thiazole rings is 1. The average Bonchev–Trinajstić information content (AvgIpc) is 3.30. The SMILES string of the molecule is CCOC(=O)C1=C(C)N=c2s/c(=C/c3ccc(C)o3)c(=O)n2[C@H]1c1cccc([N+](=O)[O-])c1. The van der Waals surface area contributed by atoms with Crippen LogP contribution >= 0.6 is 11.3 Å². The molecule has 0 N–H and O–H groups in total. The fourth-order valence-corrected chi connectivity index (χ4v) is 4.60. The van der Waals surface area contributed by atoms with E-state index in [0.29, 0.717) is 32.1 Å². The Morgan fingerprint density at radius 2 is 2.12 bits per heavy atom. The number of hydrogen-bond acceptors (Lipinski definition) is 8. The molecule has 0 unspecified atom stereocenters. The molecular formula is C22H19N3O6S. The molecule has 32 heavy (non-hydrogen) atoms. The van der Waals surface area contributed by atoms with Gasteiger partial charge in [-0.25, -0.2) is 9.79 Å². The minimum atomic E-state index is -0.911. The Labute approximate surface area is 185 Å². The number of non-ortho nitro benzene ring substituents is 1. The maximum absolute atomic E-state index is 13.4. The molecule has 4 rings (SSSR count). The van der Waals surface area contributed by atoms with E-state index in [-0.39, 0.29) is 23.4 Å². The summed E-state index contributed by atoms with van der Waals surface area (Å²) in [6, 6.07) is 8.50. The Morgan fingerprint density at radius 3 is 2.78 bits per heavy atom. The third kappa shape index (κ3) is 3.80. The average molecular weight is 453 g/mol. The second kappa shape index (κ2) is 8.39. The molecule has 1 aliphatic heterocycles. The number of nitrogens with zero attached hydrogens (tertiary/aromatic N) is 3. The molecule has 0 saturated heterocycles. The van der Waals surface area contributed by atoms with Gasteiger partial charge in [0, 0.05) is 18.2 Å². The molecule has 1 aliphatic rings. The predicted octanol–water partition coefficient (Wildman–Crippen LogP) is 2.61. The highest BCUT2D eigenvalue weighted by molar-refractivity contribution is 7.07. The summed E-state index contributed by atoms with van der Waals surface area (Å²) in [4.78, 5) is 41.9. The maximum Gasteiger partial charge on any atom is 0.338 e. The maximum atomic E-state index is 13.4. The van der Waals surface area contributed by atoms with Crippen LogP contribution in [0.15, 0.2) is 61.9 Å². The highest BCUT2D eigenvalue weighted by Gasteiger charge is 2.34. The summed E-state index contributed by atoms with van der Waals surface area (Å²) >= 11 is 1.15. The lowest BCUT2D eigenvalue weighted by Crippen LogP contribution is -2.39. The molecule has 0 amide bonds. The zero-order valence-corrected chi connectivity index (χ0v) is 18.3. The van der Waals surface area contributed by atoms with E-state index in [1.165, 1.54) is 22.8 Å². The van der Waals surface area contributed by atoms with Crippen LogP contribution in [0.5, 0.6) is 0 Å². The van der Waals surface area contributed by atoms with Gasteiger partial charge >= 0.3 is 5.97 Å². The number of carbonyl (C=O) groups is 1. The fourth-order valence-electron chi connectivity index (χ4n) is 3.58. The van der Waals surface area contributed by atoms with Crippen molar-refractivity contribution in [2.45, 2.75) is 26.8 Å². The summed E-state index contributed by atoms with van der Waals surface area (Å²) in [5.41, 5.74) is 0.446. The molecule has 3 aromatic rings. The van der Waals surface area contributed by atoms with Crippen LogP contribution in [0.3, 0.4) is 0 Å². The van der Waals surface area contributed by atoms with E-state index in [1.54, 1.807) is 45.0 Å². The van der Waals surface area contributed by atoms with Crippen molar-refractivity contribution in [3.05, 3.63) is 94.6 Å². The van der Waals surface area contributed by atoms with Crippen molar-refractivity contribution in [1.29, 1.82) is 0 Å². The number of hydrogen-bond donors (Lipinski definition) is 0. The van der Waals surface area contributed by atoms with Crippen molar-refractivity contribution >= 4 is 29.1 Å². The monoisotopic (exact) mass is 453 g/mol. The quantitative estimate of drug-likeness (QED) is 0.333. The standard InChI is InChI=1S/C22H19N3O6S/c1-4-30-21(27)18-13(3)23-22-24(19(18)14-6-5-7-15(10-14)25(28)29)20(26)17(32-22)11-16-9-8-12(2)31-16/h5-11,19H,4H2,1-3H3/b17-11+/t19-/m0/s1. The number of furan rings is 1. The third-order valence-electron chi connectivity index (χ3n) is 4.95. The Hall–Kier alpha value is -3.79. The Morgan fingerprint density at radius 1 is 1.34 bits per heavy atom. The topological polar surface area (TPSA) is 117 Å². The van der Waals surface area contributed by atoms with E-state index in [2.05, 4.69) is 4.99 Å². The van der Waals surface area contributed by atoms with E-state index >= 15 is 0 Å². The van der Waals surface area contributed by atoms with Crippen LogP contribution in [-0.4, -0.2) is 22.1 Å². The molecule has 2 aromatic heterocycles. The van der Waals surface area contributed by atoms with Gasteiger partial charge in [-0.3, -0.25) is 19.5 Å². The van der Waals surface area contributed by atoms with Gasteiger partial charge in [0.2, 0.25) is 0 Å². The van der Waals surface area contributed by atoms with Crippen molar-refractivity contribution < 1.29 is 18.9 Å².